The Morgan fingerprint density at radius 2 is 1.90 bits per heavy atom. The third kappa shape index (κ3) is 2.40. The van der Waals surface area contributed by atoms with E-state index >= 15 is 0 Å². The van der Waals surface area contributed by atoms with Crippen LogP contribution in [0.25, 0.3) is 0 Å². The number of hydrogen-bond donors (Lipinski definition) is 1. The van der Waals surface area contributed by atoms with Crippen LogP contribution < -0.4 is 0 Å². The van der Waals surface area contributed by atoms with Gasteiger partial charge in [0.25, 0.3) is 0 Å². The average molecular weight is 201 g/mol. The van der Waals surface area contributed by atoms with Gasteiger partial charge in [-0.25, -0.2) is 0 Å². The first kappa shape index (κ1) is 7.61. The van der Waals surface area contributed by atoms with Gasteiger partial charge in [0.1, 0.15) is 5.76 Å². The van der Waals surface area contributed by atoms with Crippen molar-refractivity contribution in [3.8, 4) is 0 Å². The summed E-state index contributed by atoms with van der Waals surface area (Å²) in [6.07, 6.45) is 9.30. The van der Waals surface area contributed by atoms with Crippen LogP contribution in [0.4, 0.5) is 0 Å². The molecule has 1 aliphatic carbocycles. The van der Waals surface area contributed by atoms with Crippen molar-refractivity contribution < 1.29 is 5.11 Å². The van der Waals surface area contributed by atoms with Gasteiger partial charge >= 0.3 is 0 Å². The van der Waals surface area contributed by atoms with Crippen molar-refractivity contribution in [2.45, 2.75) is 12.8 Å². The van der Waals surface area contributed by atoms with Crippen LogP contribution in [0.2, 0.25) is 0 Å². The molecule has 0 saturated carbocycles. The van der Waals surface area contributed by atoms with Gasteiger partial charge in [0.05, 0.1) is 0 Å². The van der Waals surface area contributed by atoms with Crippen LogP contribution in [-0.2, 0) is 0 Å². The topological polar surface area (TPSA) is 20.2 Å². The van der Waals surface area contributed by atoms with Crippen LogP contribution in [0.15, 0.2) is 34.5 Å². The minimum Gasteiger partial charge on any atom is -0.508 e. The SMILES string of the molecule is OC1=C/CC\C=C(Br)/C=C\1. The zero-order chi connectivity index (χ0) is 7.40. The first-order chi connectivity index (χ1) is 4.79. The van der Waals surface area contributed by atoms with Crippen molar-refractivity contribution in [1.82, 2.24) is 0 Å². The molecule has 0 radical (unpaired) electrons. The number of rotatable bonds is 0. The van der Waals surface area contributed by atoms with Gasteiger partial charge in [0, 0.05) is 4.48 Å². The van der Waals surface area contributed by atoms with E-state index in [9.17, 15) is 0 Å². The number of halogens is 1. The van der Waals surface area contributed by atoms with Crippen LogP contribution in [-0.4, -0.2) is 5.11 Å². The summed E-state index contributed by atoms with van der Waals surface area (Å²) < 4.78 is 1.03. The first-order valence-electron chi connectivity index (χ1n) is 3.22. The minimum absolute atomic E-state index is 0.352. The maximum absolute atomic E-state index is 9.06. The highest BCUT2D eigenvalue weighted by Crippen LogP contribution is 2.13. The molecular weight excluding hydrogens is 192 g/mol. The summed E-state index contributed by atoms with van der Waals surface area (Å²) in [7, 11) is 0. The molecule has 0 amide bonds. The fourth-order valence-corrected chi connectivity index (χ4v) is 1.11. The third-order valence-corrected chi connectivity index (χ3v) is 1.86. The number of allylic oxidation sites excluding steroid dienone is 5. The first-order valence-corrected chi connectivity index (χ1v) is 4.01. The van der Waals surface area contributed by atoms with Crippen LogP contribution >= 0.6 is 15.9 Å². The number of hydrogen-bond acceptors (Lipinski definition) is 1. The second-order valence-electron chi connectivity index (χ2n) is 2.13. The highest BCUT2D eigenvalue weighted by atomic mass is 79.9. The van der Waals surface area contributed by atoms with E-state index in [1.165, 1.54) is 0 Å². The van der Waals surface area contributed by atoms with Crippen LogP contribution in [0.3, 0.4) is 0 Å². The van der Waals surface area contributed by atoms with Crippen LogP contribution in [0.5, 0.6) is 0 Å². The Kier molecular flexibility index (Phi) is 2.75. The van der Waals surface area contributed by atoms with Crippen LogP contribution in [0, 0.1) is 0 Å². The van der Waals surface area contributed by atoms with E-state index in [1.54, 1.807) is 6.08 Å². The van der Waals surface area contributed by atoms with Gasteiger partial charge in [-0.1, -0.05) is 22.0 Å². The fraction of sp³-hybridized carbons (Fsp3) is 0.250. The minimum atomic E-state index is 0.352. The molecular formula is C8H9BrO. The van der Waals surface area contributed by atoms with Crippen molar-refractivity contribution in [1.29, 1.82) is 0 Å². The summed E-state index contributed by atoms with van der Waals surface area (Å²) in [6.45, 7) is 0. The third-order valence-electron chi connectivity index (χ3n) is 1.27. The van der Waals surface area contributed by atoms with E-state index in [4.69, 9.17) is 5.11 Å². The highest BCUT2D eigenvalue weighted by Gasteiger charge is 1.91. The molecule has 0 heterocycles. The lowest BCUT2D eigenvalue weighted by atomic mass is 10.2. The second kappa shape index (κ2) is 3.62. The van der Waals surface area contributed by atoms with Gasteiger partial charge in [-0.2, -0.15) is 0 Å². The van der Waals surface area contributed by atoms with E-state index < -0.39 is 0 Å². The summed E-state index contributed by atoms with van der Waals surface area (Å²) in [5.41, 5.74) is 0. The molecule has 1 rings (SSSR count). The Balaban J connectivity index is 2.73. The Hall–Kier alpha value is -0.500. The van der Waals surface area contributed by atoms with E-state index in [1.807, 2.05) is 12.2 Å². The molecule has 0 bridgehead atoms. The number of aliphatic hydroxyl groups excluding tert-OH is 1. The van der Waals surface area contributed by atoms with Crippen molar-refractivity contribution in [2.24, 2.45) is 0 Å². The Morgan fingerprint density at radius 3 is 2.70 bits per heavy atom. The van der Waals surface area contributed by atoms with Crippen molar-refractivity contribution in [2.75, 3.05) is 0 Å². The summed E-state index contributed by atoms with van der Waals surface area (Å²) in [5, 5.41) is 9.06. The highest BCUT2D eigenvalue weighted by molar-refractivity contribution is 9.11. The predicted octanol–water partition coefficient (Wildman–Crippen LogP) is 3.06. The molecule has 0 aliphatic heterocycles. The van der Waals surface area contributed by atoms with E-state index in [2.05, 4.69) is 22.0 Å². The van der Waals surface area contributed by atoms with E-state index in [0.717, 1.165) is 17.3 Å². The monoisotopic (exact) mass is 200 g/mol. The molecule has 0 fully saturated rings. The average Bonchev–Trinajstić information content (AvgIpc) is 1.90. The lowest BCUT2D eigenvalue weighted by Gasteiger charge is -1.96. The van der Waals surface area contributed by atoms with Crippen LogP contribution in [0.1, 0.15) is 12.8 Å². The molecule has 1 nitrogen and oxygen atoms in total. The molecule has 0 aromatic heterocycles. The quantitative estimate of drug-likeness (QED) is 0.638. The van der Waals surface area contributed by atoms with Gasteiger partial charge in [-0.15, -0.1) is 0 Å². The summed E-state index contributed by atoms with van der Waals surface area (Å²) >= 11 is 3.34. The molecule has 0 atom stereocenters. The van der Waals surface area contributed by atoms with Gasteiger partial charge in [-0.3, -0.25) is 0 Å². The van der Waals surface area contributed by atoms with Gasteiger partial charge in [-0.05, 0) is 31.1 Å². The smallest absolute Gasteiger partial charge is 0.111 e. The molecule has 0 saturated heterocycles. The standard InChI is InChI=1S/C8H9BrO/c9-7-3-1-2-4-8(10)6-5-7/h3-6,10H,1-2H2/b6-5-,7-3+,8-4+. The van der Waals surface area contributed by atoms with E-state index in [-0.39, 0.29) is 0 Å². The second-order valence-corrected chi connectivity index (χ2v) is 3.04. The Labute approximate surface area is 68.9 Å². The number of aliphatic hydroxyl groups is 1. The summed E-state index contributed by atoms with van der Waals surface area (Å²) in [4.78, 5) is 0. The molecule has 0 aromatic carbocycles. The Bertz CT molecular complexity index is 179. The summed E-state index contributed by atoms with van der Waals surface area (Å²) in [6, 6.07) is 0. The maximum Gasteiger partial charge on any atom is 0.111 e. The van der Waals surface area contributed by atoms with Gasteiger partial charge in [0.15, 0.2) is 0 Å². The molecule has 1 N–H and O–H groups in total. The van der Waals surface area contributed by atoms with Gasteiger partial charge in [0.2, 0.25) is 0 Å². The molecule has 10 heavy (non-hydrogen) atoms. The Morgan fingerprint density at radius 1 is 1.20 bits per heavy atom. The lowest BCUT2D eigenvalue weighted by Crippen LogP contribution is -1.78. The predicted molar refractivity (Wildman–Crippen MR) is 46.1 cm³/mol. The maximum atomic E-state index is 9.06. The zero-order valence-electron chi connectivity index (χ0n) is 5.55. The molecule has 0 aromatic rings. The molecule has 0 unspecified atom stereocenters. The van der Waals surface area contributed by atoms with Crippen molar-refractivity contribution >= 4 is 15.9 Å². The fourth-order valence-electron chi connectivity index (χ4n) is 0.754. The molecule has 0 spiro atoms. The lowest BCUT2D eigenvalue weighted by molar-refractivity contribution is 0.429. The zero-order valence-corrected chi connectivity index (χ0v) is 7.13. The normalized spacial score (nSPS) is 32.5. The molecule has 2 heteroatoms. The van der Waals surface area contributed by atoms with Crippen molar-refractivity contribution in [3.63, 3.8) is 0 Å². The van der Waals surface area contributed by atoms with E-state index in [0.29, 0.717) is 5.76 Å². The summed E-state index contributed by atoms with van der Waals surface area (Å²) in [5.74, 6) is 0.352. The van der Waals surface area contributed by atoms with Gasteiger partial charge < -0.3 is 5.11 Å². The molecule has 1 aliphatic rings. The van der Waals surface area contributed by atoms with Crippen molar-refractivity contribution in [3.05, 3.63) is 34.5 Å². The largest absolute Gasteiger partial charge is 0.508 e. The molecule has 54 valence electrons.